The summed E-state index contributed by atoms with van der Waals surface area (Å²) in [5.74, 6) is -5.49. The van der Waals surface area contributed by atoms with Crippen molar-refractivity contribution in [2.24, 2.45) is 10.3 Å². The minimum Gasteiger partial charge on any atom is -0.480 e. The van der Waals surface area contributed by atoms with Gasteiger partial charge in [0.1, 0.15) is 40.5 Å². The average molecular weight is 1800 g/mol. The molecule has 6 aromatic rings. The van der Waals surface area contributed by atoms with Crippen LogP contribution in [0.1, 0.15) is 140 Å². The summed E-state index contributed by atoms with van der Waals surface area (Å²) in [6.45, 7) is 20.2. The fourth-order valence-electron chi connectivity index (χ4n) is 11.8. The lowest BCUT2D eigenvalue weighted by Crippen LogP contribution is -2.51. The van der Waals surface area contributed by atoms with Crippen molar-refractivity contribution in [2.75, 3.05) is 153 Å². The molecule has 2 fully saturated rings. The number of aryl methyl sites for hydroxylation is 2. The number of primary sulfonamides is 2. The van der Waals surface area contributed by atoms with Crippen LogP contribution in [0.4, 0.5) is 23.0 Å². The van der Waals surface area contributed by atoms with E-state index in [1.165, 1.54) is 56.7 Å². The maximum Gasteiger partial charge on any atom is 0.338 e. The molecule has 0 aliphatic carbocycles. The molecule has 39 nitrogen and oxygen atoms in total. The van der Waals surface area contributed by atoms with Crippen molar-refractivity contribution >= 4 is 126 Å². The van der Waals surface area contributed by atoms with E-state index in [1.54, 1.807) is 86.3 Å². The number of para-hydroxylation sites is 2. The van der Waals surface area contributed by atoms with Crippen molar-refractivity contribution < 1.29 is 118 Å². The number of anilines is 4. The number of aromatic nitrogens is 4. The quantitative estimate of drug-likeness (QED) is 0.0140. The number of aliphatic hydroxyl groups is 1. The number of hydrogen-bond donors (Lipinski definition) is 6. The predicted octanol–water partition coefficient (Wildman–Crippen LogP) is 6.27. The van der Waals surface area contributed by atoms with E-state index in [9.17, 15) is 69.9 Å². The molecule has 8 N–H and O–H groups in total. The second kappa shape index (κ2) is 48.9. The summed E-state index contributed by atoms with van der Waals surface area (Å²) in [7, 11) is -6.21. The third kappa shape index (κ3) is 34.1. The Morgan fingerprint density at radius 3 is 1.30 bits per heavy atom. The van der Waals surface area contributed by atoms with Crippen LogP contribution in [0.2, 0.25) is 0 Å². The number of nitrogens with one attached hydrogen (secondary N) is 2. The highest BCUT2D eigenvalue weighted by atomic mass is 32.2. The van der Waals surface area contributed by atoms with Crippen molar-refractivity contribution in [1.29, 1.82) is 0 Å². The topological polar surface area (TPSA) is 510 Å². The van der Waals surface area contributed by atoms with E-state index in [4.69, 9.17) is 58.0 Å². The van der Waals surface area contributed by atoms with E-state index in [1.807, 2.05) is 34.6 Å². The number of hydrogen-bond acceptors (Lipinski definition) is 34. The number of nitrogens with two attached hydrogens (primary N) is 2. The molecule has 2 aromatic heterocycles. The minimum absolute atomic E-state index is 0.0694. The van der Waals surface area contributed by atoms with Gasteiger partial charge in [-0.2, -0.15) is 17.5 Å². The van der Waals surface area contributed by atoms with Gasteiger partial charge in [0, 0.05) is 84.8 Å². The van der Waals surface area contributed by atoms with Gasteiger partial charge in [-0.25, -0.2) is 36.7 Å². The van der Waals surface area contributed by atoms with Crippen LogP contribution in [-0.4, -0.2) is 279 Å². The van der Waals surface area contributed by atoms with Gasteiger partial charge < -0.3 is 92.9 Å². The van der Waals surface area contributed by atoms with Gasteiger partial charge in [-0.15, -0.1) is 0 Å². The van der Waals surface area contributed by atoms with Gasteiger partial charge in [-0.3, -0.25) is 38.4 Å². The molecule has 43 heteroatoms. The number of amides is 4. The van der Waals surface area contributed by atoms with Crippen molar-refractivity contribution in [3.63, 3.8) is 0 Å². The zero-order valence-electron chi connectivity index (χ0n) is 71.2. The SMILES string of the molecule is CC(=O)OCC(=O)N(C[C@H](O)CCc1nsnc1N1CCOCC1)C(C)(C)C.CCCCNc1cc(C(=O)OCC(=O)N(C)CC(=O)O)cc(S(N)(=O)=O)c1Oc1ccccc1.CCCCNc1cc(C(=O)OCC(=O)N(C)CC(=O)O[C@H](CCc2nsnc2N2CCOCC2)CN(C(=O)COC(C)=O)C(C)(C)C)cc(S(N)(=O)=O)c1Oc1ccccc1. The number of β-amino-alcohol motifs (C(OH)–C–C–N with tert-alkyl or cyclic N) is 1. The van der Waals surface area contributed by atoms with Gasteiger partial charge in [0.15, 0.2) is 49.6 Å². The molecule has 2 saturated heterocycles. The Balaban J connectivity index is 0.000000316. The molecule has 0 saturated carbocycles. The summed E-state index contributed by atoms with van der Waals surface area (Å²) >= 11 is 2.22. The largest absolute Gasteiger partial charge is 0.480 e. The molecule has 0 radical (unpaired) electrons. The Morgan fingerprint density at radius 1 is 0.545 bits per heavy atom. The summed E-state index contributed by atoms with van der Waals surface area (Å²) in [6.07, 6.45) is 3.13. The van der Waals surface area contributed by atoms with Gasteiger partial charge in [0.05, 0.1) is 96.4 Å². The number of likely N-dealkylation sites (N-methyl/N-ethyl adjacent to an activating group) is 2. The van der Waals surface area contributed by atoms with Crippen LogP contribution in [0.15, 0.2) is 94.7 Å². The molecule has 4 heterocycles. The highest BCUT2D eigenvalue weighted by Crippen LogP contribution is 2.40. The summed E-state index contributed by atoms with van der Waals surface area (Å²) in [4.78, 5) is 132. The normalized spacial score (nSPS) is 13.3. The number of nitrogens with zero attached hydrogens (tertiary/aromatic N) is 10. The second-order valence-electron chi connectivity index (χ2n) is 30.3. The third-order valence-electron chi connectivity index (χ3n) is 18.3. The molecule has 2 aliphatic rings. The number of benzene rings is 4. The lowest BCUT2D eigenvalue weighted by atomic mass is 10.0. The Morgan fingerprint density at radius 2 is 0.927 bits per heavy atom. The molecular weight excluding hydrogens is 1690 g/mol. The number of carboxylic acids is 1. The van der Waals surface area contributed by atoms with E-state index in [2.05, 4.69) is 37.9 Å². The molecule has 0 spiro atoms. The Hall–Kier alpha value is -10.8. The highest BCUT2D eigenvalue weighted by molar-refractivity contribution is 7.89. The lowest BCUT2D eigenvalue weighted by Gasteiger charge is -2.38. The first-order chi connectivity index (χ1) is 58.1. The monoisotopic (exact) mass is 1800 g/mol. The number of ether oxygens (including phenoxy) is 9. The van der Waals surface area contributed by atoms with Crippen molar-refractivity contribution in [3.05, 3.63) is 107 Å². The van der Waals surface area contributed by atoms with Gasteiger partial charge in [0.2, 0.25) is 20.0 Å². The van der Waals surface area contributed by atoms with E-state index < -0.39 is 140 Å². The van der Waals surface area contributed by atoms with Crippen LogP contribution >= 0.6 is 23.5 Å². The van der Waals surface area contributed by atoms with Gasteiger partial charge in [0.25, 0.3) is 23.6 Å². The first-order valence-corrected chi connectivity index (χ1v) is 44.1. The average Bonchev–Trinajstić information content (AvgIpc) is 1.69. The van der Waals surface area contributed by atoms with Gasteiger partial charge >= 0.3 is 35.8 Å². The first kappa shape index (κ1) is 101. The summed E-state index contributed by atoms with van der Waals surface area (Å²) in [5.41, 5.74) is 0.240. The lowest BCUT2D eigenvalue weighted by molar-refractivity contribution is -0.160. The molecule has 4 aromatic carbocycles. The number of esters is 5. The zero-order chi connectivity index (χ0) is 90.8. The maximum absolute atomic E-state index is 13.4. The molecule has 8 rings (SSSR count). The zero-order valence-corrected chi connectivity index (χ0v) is 74.4. The van der Waals surface area contributed by atoms with Crippen LogP contribution in [0.25, 0.3) is 0 Å². The number of aliphatic hydroxyl groups excluding tert-OH is 1. The van der Waals surface area contributed by atoms with Gasteiger partial charge in [-0.1, -0.05) is 63.1 Å². The van der Waals surface area contributed by atoms with Gasteiger partial charge in [-0.05, 0) is 129 Å². The van der Waals surface area contributed by atoms with Crippen LogP contribution in [-0.2, 0) is 104 Å². The number of rotatable bonds is 41. The Bertz CT molecular complexity index is 4750. The number of morpholine rings is 2. The van der Waals surface area contributed by atoms with E-state index in [-0.39, 0.29) is 66.0 Å². The standard InChI is InChI=1S/C40H55N7O12S2.C22H27N3O8S.C18H30N4O5S/c1-7-8-16-42-32-21-28(22-33(61(41,53)54)37(32)59-29-12-10-9-11-13-29)39(52)57-25-34(49)45(6)24-36(51)58-30(23-47(40(3,4)5)35(50)26-56-27(2)48)14-15-31-38(44-60-43-31)46-17-19-55-20-18-46;1-3-4-10-24-17-11-15(22(29)32-14-19(26)25(2)13-20(27)28)12-18(34(23,30)31)21(17)33-16-8-6-5-7-9-16;1-13(23)27-12-16(25)22(18(2,3)4)11-14(24)5-6-15-17(20-28-19-15)21-7-9-26-10-8-21/h9-13,21-22,30,42H,7-8,14-20,23-26H2,1-6H3,(H2,41,53,54);5-9,11-12,24H,3-4,10,13-14H2,1-2H3,(H,27,28)(H2,23,30,31);14,24H,5-12H2,1-4H3/t30-;;14-/m1.1/s1. The third-order valence-corrected chi connectivity index (χ3v) is 21.2. The highest BCUT2D eigenvalue weighted by Gasteiger charge is 2.35. The Kier molecular flexibility index (Phi) is 40.1. The maximum atomic E-state index is 13.4. The number of carboxylic acid groups (broad SMARTS) is 1. The predicted molar refractivity (Wildman–Crippen MR) is 454 cm³/mol. The minimum atomic E-state index is -4.44. The molecule has 2 aliphatic heterocycles. The van der Waals surface area contributed by atoms with Crippen molar-refractivity contribution in [3.8, 4) is 23.0 Å². The Labute approximate surface area is 724 Å². The molecule has 0 bridgehead atoms. The van der Waals surface area contributed by atoms with Crippen LogP contribution < -0.4 is 40.2 Å². The number of sulfonamides is 2. The van der Waals surface area contributed by atoms with Crippen molar-refractivity contribution in [2.45, 2.75) is 154 Å². The number of aliphatic carboxylic acids is 1. The number of unbranched alkanes of at least 4 members (excludes halogenated alkanes) is 2. The van der Waals surface area contributed by atoms with Crippen LogP contribution in [0.3, 0.4) is 0 Å². The van der Waals surface area contributed by atoms with E-state index in [0.29, 0.717) is 94.9 Å². The molecular formula is C80H112N14O25S4. The van der Waals surface area contributed by atoms with Crippen LogP contribution in [0, 0.1) is 0 Å². The number of carbonyl (C=O) groups excluding carboxylic acids is 9. The fraction of sp³-hybridized carbons (Fsp3) is 0.525. The summed E-state index contributed by atoms with van der Waals surface area (Å²) in [5, 5.41) is 36.4. The van der Waals surface area contributed by atoms with E-state index >= 15 is 0 Å². The van der Waals surface area contributed by atoms with E-state index in [0.717, 1.165) is 83.9 Å². The van der Waals surface area contributed by atoms with Crippen molar-refractivity contribution in [1.82, 2.24) is 37.1 Å². The molecule has 4 amide bonds. The molecule has 0 unspecified atom stereocenters. The molecule has 2 atom stereocenters. The number of carbonyl (C=O) groups is 10. The summed E-state index contributed by atoms with van der Waals surface area (Å²) < 4.78 is 117. The van der Waals surface area contributed by atoms with Crippen LogP contribution in [0.5, 0.6) is 23.0 Å². The summed E-state index contributed by atoms with van der Waals surface area (Å²) in [6, 6.07) is 21.6. The molecule has 676 valence electrons. The fourth-order valence-corrected chi connectivity index (χ4v) is 14.4. The second-order valence-corrected chi connectivity index (χ2v) is 34.4. The first-order valence-electron chi connectivity index (χ1n) is 39.5. The smallest absolute Gasteiger partial charge is 0.338 e. The molecule has 123 heavy (non-hydrogen) atoms.